The Morgan fingerprint density at radius 2 is 1.75 bits per heavy atom. The van der Waals surface area contributed by atoms with Crippen molar-refractivity contribution in [1.82, 2.24) is 0 Å². The van der Waals surface area contributed by atoms with E-state index in [2.05, 4.69) is 4.90 Å². The number of carbonyl (C=O) groups excluding carboxylic acids is 1. The van der Waals surface area contributed by atoms with Crippen LogP contribution in [0.1, 0.15) is 59.7 Å². The first-order chi connectivity index (χ1) is 20.9. The maximum Gasteiger partial charge on any atom is 0.416 e. The number of nitrogens with two attached hydrogens (primary N) is 1. The van der Waals surface area contributed by atoms with Gasteiger partial charge in [-0.25, -0.2) is 8.42 Å². The Kier molecular flexibility index (Phi) is 10.6. The van der Waals surface area contributed by atoms with Crippen LogP contribution in [0.15, 0.2) is 71.6 Å². The molecule has 0 spiro atoms. The fraction of sp³-hybridized carbons (Fsp3) is 0.406. The summed E-state index contributed by atoms with van der Waals surface area (Å²) in [6, 6.07) is 15.8. The molecule has 1 fully saturated rings. The Morgan fingerprint density at radius 3 is 2.32 bits per heavy atom. The molecule has 0 aliphatic carbocycles. The van der Waals surface area contributed by atoms with E-state index >= 15 is 0 Å². The molecular formula is C32H37F3N2O6S. The predicted octanol–water partition coefficient (Wildman–Crippen LogP) is 5.18. The van der Waals surface area contributed by atoms with Crippen molar-refractivity contribution in [2.75, 3.05) is 37.0 Å². The number of primary amides is 1. The molecule has 3 aromatic carbocycles. The first-order valence-electron chi connectivity index (χ1n) is 14.4. The number of anilines is 1. The van der Waals surface area contributed by atoms with Gasteiger partial charge in [-0.2, -0.15) is 13.2 Å². The molecule has 238 valence electrons. The van der Waals surface area contributed by atoms with Crippen molar-refractivity contribution in [3.8, 4) is 5.75 Å². The number of hydrogen-bond acceptors (Lipinski definition) is 7. The summed E-state index contributed by atoms with van der Waals surface area (Å²) in [5, 5.41) is 10.4. The van der Waals surface area contributed by atoms with E-state index < -0.39 is 33.4 Å². The standard InChI is InChI=1S/C32H37F3N2O6S/c1-3-15-42-20-24-16-26(43-25-10-7-22(8-11-25)32(33,34)35)18-37(24)23-9-14-28(31(36)39)29(17-23)30(19-38)21-5-12-27(13-6-21)44(40,41)4-2/h5-14,17,24,26,30,38H,3-4,15-16,18-20H2,1-2H3,(H2,36,39)/t24-,26+,30+/m0/s1. The van der Waals surface area contributed by atoms with Crippen LogP contribution in [0.4, 0.5) is 18.9 Å². The molecule has 0 saturated carbocycles. The maximum absolute atomic E-state index is 13.0. The molecule has 3 aromatic rings. The Labute approximate surface area is 255 Å². The van der Waals surface area contributed by atoms with E-state index in [0.717, 1.165) is 24.2 Å². The van der Waals surface area contributed by atoms with Crippen LogP contribution in [0.2, 0.25) is 0 Å². The second-order valence-corrected chi connectivity index (χ2v) is 13.0. The van der Waals surface area contributed by atoms with Crippen molar-refractivity contribution >= 4 is 21.4 Å². The summed E-state index contributed by atoms with van der Waals surface area (Å²) in [5.41, 5.74) is 6.98. The predicted molar refractivity (Wildman–Crippen MR) is 161 cm³/mol. The van der Waals surface area contributed by atoms with Gasteiger partial charge in [0.15, 0.2) is 9.84 Å². The van der Waals surface area contributed by atoms with E-state index in [-0.39, 0.29) is 35.0 Å². The van der Waals surface area contributed by atoms with Crippen molar-refractivity contribution in [2.45, 2.75) is 55.8 Å². The van der Waals surface area contributed by atoms with Crippen molar-refractivity contribution in [1.29, 1.82) is 0 Å². The van der Waals surface area contributed by atoms with E-state index in [1.54, 1.807) is 37.3 Å². The molecule has 0 radical (unpaired) electrons. The van der Waals surface area contributed by atoms with Gasteiger partial charge in [0.1, 0.15) is 11.9 Å². The summed E-state index contributed by atoms with van der Waals surface area (Å²) in [6.07, 6.45) is -3.44. The van der Waals surface area contributed by atoms with Crippen LogP contribution < -0.4 is 15.4 Å². The van der Waals surface area contributed by atoms with E-state index in [9.17, 15) is 31.5 Å². The number of benzene rings is 3. The molecule has 1 heterocycles. The Balaban J connectivity index is 1.65. The molecule has 1 aliphatic heterocycles. The summed E-state index contributed by atoms with van der Waals surface area (Å²) in [5.74, 6) is -1.08. The highest BCUT2D eigenvalue weighted by molar-refractivity contribution is 7.91. The molecule has 1 aliphatic rings. The highest BCUT2D eigenvalue weighted by Crippen LogP contribution is 2.36. The molecule has 0 aromatic heterocycles. The van der Waals surface area contributed by atoms with Crippen LogP contribution in [0.5, 0.6) is 5.75 Å². The Bertz CT molecular complexity index is 1530. The van der Waals surface area contributed by atoms with E-state index in [4.69, 9.17) is 15.2 Å². The number of ether oxygens (including phenoxy) is 2. The van der Waals surface area contributed by atoms with Gasteiger partial charge in [0, 0.05) is 30.2 Å². The van der Waals surface area contributed by atoms with E-state index in [1.807, 2.05) is 6.92 Å². The van der Waals surface area contributed by atoms with Crippen LogP contribution in [0.3, 0.4) is 0 Å². The molecule has 4 rings (SSSR count). The quantitative estimate of drug-likeness (QED) is 0.249. The number of carbonyl (C=O) groups is 1. The smallest absolute Gasteiger partial charge is 0.416 e. The number of rotatable bonds is 13. The number of hydrogen-bond donors (Lipinski definition) is 2. The van der Waals surface area contributed by atoms with Crippen LogP contribution >= 0.6 is 0 Å². The van der Waals surface area contributed by atoms with Gasteiger partial charge in [-0.3, -0.25) is 4.79 Å². The average molecular weight is 635 g/mol. The van der Waals surface area contributed by atoms with Gasteiger partial charge < -0.3 is 25.2 Å². The highest BCUT2D eigenvalue weighted by atomic mass is 32.2. The van der Waals surface area contributed by atoms with Crippen molar-refractivity contribution in [2.24, 2.45) is 5.73 Å². The average Bonchev–Trinajstić information content (AvgIpc) is 3.39. The van der Waals surface area contributed by atoms with Gasteiger partial charge >= 0.3 is 6.18 Å². The third-order valence-corrected chi connectivity index (χ3v) is 9.48. The zero-order valence-corrected chi connectivity index (χ0v) is 25.4. The minimum absolute atomic E-state index is 0.0494. The summed E-state index contributed by atoms with van der Waals surface area (Å²) in [7, 11) is -3.42. The van der Waals surface area contributed by atoms with Crippen molar-refractivity contribution < 1.29 is 41.0 Å². The first kappa shape index (κ1) is 33.3. The molecule has 0 bridgehead atoms. The lowest BCUT2D eigenvalue weighted by atomic mass is 9.88. The number of aliphatic hydroxyl groups is 1. The van der Waals surface area contributed by atoms with E-state index in [0.29, 0.717) is 43.1 Å². The van der Waals surface area contributed by atoms with E-state index in [1.165, 1.54) is 24.3 Å². The molecule has 1 saturated heterocycles. The van der Waals surface area contributed by atoms with Gasteiger partial charge in [0.2, 0.25) is 5.91 Å². The largest absolute Gasteiger partial charge is 0.489 e. The van der Waals surface area contributed by atoms with Crippen LogP contribution in [0.25, 0.3) is 0 Å². The highest BCUT2D eigenvalue weighted by Gasteiger charge is 2.35. The second-order valence-electron chi connectivity index (χ2n) is 10.7. The second kappa shape index (κ2) is 14.0. The summed E-state index contributed by atoms with van der Waals surface area (Å²) >= 11 is 0. The zero-order valence-electron chi connectivity index (χ0n) is 24.6. The minimum atomic E-state index is -4.44. The molecule has 0 unspecified atom stereocenters. The number of aliphatic hydroxyl groups excluding tert-OH is 1. The Morgan fingerprint density at radius 1 is 1.07 bits per heavy atom. The molecule has 44 heavy (non-hydrogen) atoms. The fourth-order valence-electron chi connectivity index (χ4n) is 5.41. The molecule has 1 amide bonds. The SMILES string of the molecule is CCCOC[C@@H]1C[C@@H](Oc2ccc(C(F)(F)F)cc2)CN1c1ccc(C(N)=O)c([C@H](CO)c2ccc(S(=O)(=O)CC)cc2)c1. The monoisotopic (exact) mass is 634 g/mol. The third kappa shape index (κ3) is 7.72. The first-order valence-corrected chi connectivity index (χ1v) is 16.1. The van der Waals surface area contributed by atoms with Gasteiger partial charge in [0.05, 0.1) is 42.0 Å². The number of sulfone groups is 1. The minimum Gasteiger partial charge on any atom is -0.489 e. The van der Waals surface area contributed by atoms with Gasteiger partial charge in [0.25, 0.3) is 0 Å². The lowest BCUT2D eigenvalue weighted by molar-refractivity contribution is -0.137. The number of nitrogens with zero attached hydrogens (tertiary/aromatic N) is 1. The van der Waals surface area contributed by atoms with Crippen LogP contribution in [-0.4, -0.2) is 63.7 Å². The summed E-state index contributed by atoms with van der Waals surface area (Å²) in [6.45, 7) is 4.51. The van der Waals surface area contributed by atoms with Crippen molar-refractivity contribution in [3.63, 3.8) is 0 Å². The zero-order chi connectivity index (χ0) is 32.1. The van der Waals surface area contributed by atoms with Crippen LogP contribution in [-0.2, 0) is 20.8 Å². The van der Waals surface area contributed by atoms with Crippen molar-refractivity contribution in [3.05, 3.63) is 89.0 Å². The third-order valence-electron chi connectivity index (χ3n) is 7.73. The number of halogens is 3. The van der Waals surface area contributed by atoms with Crippen LogP contribution in [0, 0.1) is 0 Å². The topological polar surface area (TPSA) is 119 Å². The summed E-state index contributed by atoms with van der Waals surface area (Å²) < 4.78 is 75.6. The van der Waals surface area contributed by atoms with Gasteiger partial charge in [-0.1, -0.05) is 26.0 Å². The number of amides is 1. The maximum atomic E-state index is 13.0. The molecular weight excluding hydrogens is 597 g/mol. The van der Waals surface area contributed by atoms with Gasteiger partial charge in [-0.05, 0) is 72.1 Å². The lowest BCUT2D eigenvalue weighted by Gasteiger charge is -2.28. The normalized spacial score (nSPS) is 17.9. The molecule has 12 heteroatoms. The molecule has 8 nitrogen and oxygen atoms in total. The van der Waals surface area contributed by atoms with Gasteiger partial charge in [-0.15, -0.1) is 0 Å². The lowest BCUT2D eigenvalue weighted by Crippen LogP contribution is -2.34. The number of alkyl halides is 3. The Hall–Kier alpha value is -3.61. The summed E-state index contributed by atoms with van der Waals surface area (Å²) in [4.78, 5) is 14.7. The fourth-order valence-corrected chi connectivity index (χ4v) is 6.29. The molecule has 3 N–H and O–H groups in total. The molecule has 3 atom stereocenters.